The van der Waals surface area contributed by atoms with Gasteiger partial charge < -0.3 is 10.6 Å². The Labute approximate surface area is 75.1 Å². The van der Waals surface area contributed by atoms with Gasteiger partial charge in [0.05, 0.1) is 0 Å². The molecule has 0 aromatic rings. The van der Waals surface area contributed by atoms with Crippen LogP contribution in [-0.2, 0) is 0 Å². The molecule has 3 unspecified atom stereocenters. The topological polar surface area (TPSA) is 24.1 Å². The third-order valence-corrected chi connectivity index (χ3v) is 3.57. The number of hydrogen-bond acceptors (Lipinski definition) is 2. The maximum atomic E-state index is 3.65. The van der Waals surface area contributed by atoms with Gasteiger partial charge in [0.1, 0.15) is 0 Å². The first-order valence-corrected chi connectivity index (χ1v) is 5.32. The molecule has 0 radical (unpaired) electrons. The third kappa shape index (κ3) is 1.50. The maximum absolute atomic E-state index is 3.65. The van der Waals surface area contributed by atoms with Gasteiger partial charge in [0, 0.05) is 12.1 Å². The van der Waals surface area contributed by atoms with Gasteiger partial charge in [-0.3, -0.25) is 0 Å². The van der Waals surface area contributed by atoms with Gasteiger partial charge in [-0.2, -0.15) is 0 Å². The average molecular weight is 168 g/mol. The highest BCUT2D eigenvalue weighted by molar-refractivity contribution is 4.92. The quantitative estimate of drug-likeness (QED) is 0.613. The molecule has 1 aliphatic heterocycles. The van der Waals surface area contributed by atoms with E-state index in [4.69, 9.17) is 0 Å². The summed E-state index contributed by atoms with van der Waals surface area (Å²) in [5, 5.41) is 7.11. The smallest absolute Gasteiger partial charge is 0.0119 e. The van der Waals surface area contributed by atoms with Crippen LogP contribution >= 0.6 is 0 Å². The SMILES string of the molecule is CNC1CCNC2CCCCC12. The Morgan fingerprint density at radius 1 is 1.17 bits per heavy atom. The zero-order valence-electron chi connectivity index (χ0n) is 7.97. The first-order chi connectivity index (χ1) is 5.92. The minimum absolute atomic E-state index is 0.788. The molecule has 0 spiro atoms. The Balaban J connectivity index is 1.99. The second kappa shape index (κ2) is 3.75. The standard InChI is InChI=1S/C10H20N2/c1-11-9-6-7-12-10-5-3-2-4-8(9)10/h8-12H,2-7H2,1H3. The Morgan fingerprint density at radius 3 is 2.83 bits per heavy atom. The van der Waals surface area contributed by atoms with E-state index in [0.29, 0.717) is 0 Å². The largest absolute Gasteiger partial charge is 0.317 e. The molecule has 1 heterocycles. The van der Waals surface area contributed by atoms with E-state index in [1.807, 2.05) is 0 Å². The average Bonchev–Trinajstić information content (AvgIpc) is 2.17. The molecule has 70 valence electrons. The molecule has 2 nitrogen and oxygen atoms in total. The highest BCUT2D eigenvalue weighted by Crippen LogP contribution is 2.30. The summed E-state index contributed by atoms with van der Waals surface area (Å²) in [5.41, 5.74) is 0. The fourth-order valence-electron chi connectivity index (χ4n) is 2.89. The monoisotopic (exact) mass is 168 g/mol. The first-order valence-electron chi connectivity index (χ1n) is 5.32. The van der Waals surface area contributed by atoms with Gasteiger partial charge in [-0.1, -0.05) is 12.8 Å². The summed E-state index contributed by atoms with van der Waals surface area (Å²) in [7, 11) is 2.11. The van der Waals surface area contributed by atoms with E-state index in [9.17, 15) is 0 Å². The van der Waals surface area contributed by atoms with Crippen molar-refractivity contribution in [2.45, 2.75) is 44.2 Å². The molecule has 12 heavy (non-hydrogen) atoms. The van der Waals surface area contributed by atoms with Crippen LogP contribution in [0.15, 0.2) is 0 Å². The molecular formula is C10H20N2. The molecule has 1 saturated carbocycles. The summed E-state index contributed by atoms with van der Waals surface area (Å²) in [6, 6.07) is 1.61. The summed E-state index contributed by atoms with van der Waals surface area (Å²) in [6.45, 7) is 1.21. The molecule has 2 rings (SSSR count). The van der Waals surface area contributed by atoms with Gasteiger partial charge in [0.2, 0.25) is 0 Å². The Kier molecular flexibility index (Phi) is 2.66. The predicted molar refractivity (Wildman–Crippen MR) is 51.2 cm³/mol. The molecule has 2 aliphatic rings. The molecule has 2 fully saturated rings. The van der Waals surface area contributed by atoms with Crippen molar-refractivity contribution in [3.8, 4) is 0 Å². The van der Waals surface area contributed by atoms with Crippen LogP contribution in [0.4, 0.5) is 0 Å². The van der Waals surface area contributed by atoms with E-state index in [-0.39, 0.29) is 0 Å². The van der Waals surface area contributed by atoms with E-state index in [1.54, 1.807) is 0 Å². The minimum Gasteiger partial charge on any atom is -0.317 e. The van der Waals surface area contributed by atoms with Crippen LogP contribution in [0.5, 0.6) is 0 Å². The van der Waals surface area contributed by atoms with Crippen LogP contribution < -0.4 is 10.6 Å². The van der Waals surface area contributed by atoms with Crippen molar-refractivity contribution in [1.82, 2.24) is 10.6 Å². The summed E-state index contributed by atoms with van der Waals surface area (Å²) in [5.74, 6) is 0.914. The molecule has 0 bridgehead atoms. The molecule has 0 aromatic carbocycles. The van der Waals surface area contributed by atoms with Gasteiger partial charge in [-0.15, -0.1) is 0 Å². The molecule has 0 aromatic heterocycles. The highest BCUT2D eigenvalue weighted by Gasteiger charge is 2.33. The maximum Gasteiger partial charge on any atom is 0.0119 e. The summed E-state index contributed by atoms with van der Waals surface area (Å²) in [6.07, 6.45) is 7.04. The normalized spacial score (nSPS) is 42.2. The fourth-order valence-corrected chi connectivity index (χ4v) is 2.89. The lowest BCUT2D eigenvalue weighted by atomic mass is 9.76. The molecular weight excluding hydrogens is 148 g/mol. The molecule has 2 N–H and O–H groups in total. The minimum atomic E-state index is 0.788. The number of fused-ring (bicyclic) bond motifs is 1. The van der Waals surface area contributed by atoms with Crippen LogP contribution in [0.3, 0.4) is 0 Å². The Bertz CT molecular complexity index is 138. The molecule has 3 atom stereocenters. The molecule has 2 heteroatoms. The second-order valence-corrected chi connectivity index (χ2v) is 4.19. The molecule has 1 saturated heterocycles. The van der Waals surface area contributed by atoms with Crippen molar-refractivity contribution >= 4 is 0 Å². The summed E-state index contributed by atoms with van der Waals surface area (Å²) >= 11 is 0. The van der Waals surface area contributed by atoms with E-state index in [0.717, 1.165) is 18.0 Å². The van der Waals surface area contributed by atoms with Crippen molar-refractivity contribution in [2.75, 3.05) is 13.6 Å². The van der Waals surface area contributed by atoms with Crippen molar-refractivity contribution in [2.24, 2.45) is 5.92 Å². The second-order valence-electron chi connectivity index (χ2n) is 4.19. The molecule has 0 amide bonds. The summed E-state index contributed by atoms with van der Waals surface area (Å²) < 4.78 is 0. The van der Waals surface area contributed by atoms with Gasteiger partial charge in [-0.05, 0) is 38.8 Å². The van der Waals surface area contributed by atoms with Crippen molar-refractivity contribution < 1.29 is 0 Å². The number of piperidine rings is 1. The van der Waals surface area contributed by atoms with Crippen molar-refractivity contribution in [1.29, 1.82) is 0 Å². The Morgan fingerprint density at radius 2 is 2.00 bits per heavy atom. The van der Waals surface area contributed by atoms with Crippen LogP contribution in [0.1, 0.15) is 32.1 Å². The van der Waals surface area contributed by atoms with Gasteiger partial charge in [0.15, 0.2) is 0 Å². The predicted octanol–water partition coefficient (Wildman–Crippen LogP) is 1.13. The van der Waals surface area contributed by atoms with E-state index < -0.39 is 0 Å². The number of rotatable bonds is 1. The van der Waals surface area contributed by atoms with Gasteiger partial charge >= 0.3 is 0 Å². The van der Waals surface area contributed by atoms with Crippen LogP contribution in [0.25, 0.3) is 0 Å². The van der Waals surface area contributed by atoms with Crippen LogP contribution in [0.2, 0.25) is 0 Å². The van der Waals surface area contributed by atoms with E-state index in [2.05, 4.69) is 17.7 Å². The van der Waals surface area contributed by atoms with E-state index in [1.165, 1.54) is 38.6 Å². The Hall–Kier alpha value is -0.0800. The molecule has 1 aliphatic carbocycles. The lowest BCUT2D eigenvalue weighted by molar-refractivity contribution is 0.167. The van der Waals surface area contributed by atoms with Crippen LogP contribution in [-0.4, -0.2) is 25.7 Å². The fraction of sp³-hybridized carbons (Fsp3) is 1.00. The van der Waals surface area contributed by atoms with Crippen LogP contribution in [0, 0.1) is 5.92 Å². The van der Waals surface area contributed by atoms with Crippen molar-refractivity contribution in [3.63, 3.8) is 0 Å². The highest BCUT2D eigenvalue weighted by atomic mass is 15.0. The van der Waals surface area contributed by atoms with Gasteiger partial charge in [-0.25, -0.2) is 0 Å². The zero-order valence-corrected chi connectivity index (χ0v) is 7.97. The lowest BCUT2D eigenvalue weighted by Gasteiger charge is -2.41. The zero-order chi connectivity index (χ0) is 8.39. The lowest BCUT2D eigenvalue weighted by Crippen LogP contribution is -2.53. The summed E-state index contributed by atoms with van der Waals surface area (Å²) in [4.78, 5) is 0. The number of hydrogen-bond donors (Lipinski definition) is 2. The third-order valence-electron chi connectivity index (χ3n) is 3.57. The van der Waals surface area contributed by atoms with E-state index >= 15 is 0 Å². The van der Waals surface area contributed by atoms with Crippen molar-refractivity contribution in [3.05, 3.63) is 0 Å². The van der Waals surface area contributed by atoms with Gasteiger partial charge in [0.25, 0.3) is 0 Å². The first kappa shape index (κ1) is 8.52. The number of nitrogens with one attached hydrogen (secondary N) is 2.